The molecule has 0 atom stereocenters. The van der Waals surface area contributed by atoms with Crippen molar-refractivity contribution in [2.24, 2.45) is 0 Å². The van der Waals surface area contributed by atoms with Crippen LogP contribution < -0.4 is 0 Å². The molecule has 0 heterocycles. The van der Waals surface area contributed by atoms with Crippen LogP contribution in [0.15, 0.2) is 23.8 Å². The van der Waals surface area contributed by atoms with Crippen molar-refractivity contribution in [3.05, 3.63) is 23.8 Å². The van der Waals surface area contributed by atoms with Crippen LogP contribution in [0.3, 0.4) is 0 Å². The van der Waals surface area contributed by atoms with Gasteiger partial charge in [-0.15, -0.1) is 0 Å². The van der Waals surface area contributed by atoms with E-state index in [1.165, 1.54) is 12.8 Å². The molecule has 1 fully saturated rings. The van der Waals surface area contributed by atoms with Gasteiger partial charge >= 0.3 is 0 Å². The molecule has 0 radical (unpaired) electrons. The Morgan fingerprint density at radius 3 is 2.75 bits per heavy atom. The van der Waals surface area contributed by atoms with E-state index in [0.717, 1.165) is 6.42 Å². The lowest BCUT2D eigenvalue weighted by Crippen LogP contribution is -1.53. The SMILES string of the molecule is CC=CCC=C1CC1. The van der Waals surface area contributed by atoms with Crippen LogP contribution in [-0.2, 0) is 0 Å². The molecule has 0 aromatic carbocycles. The zero-order valence-electron chi connectivity index (χ0n) is 5.35. The minimum absolute atomic E-state index is 1.14. The fourth-order valence-corrected chi connectivity index (χ4v) is 0.647. The Hall–Kier alpha value is -0.520. The second-order valence-corrected chi connectivity index (χ2v) is 2.17. The third kappa shape index (κ3) is 1.97. The molecule has 0 saturated heterocycles. The van der Waals surface area contributed by atoms with E-state index < -0.39 is 0 Å². The van der Waals surface area contributed by atoms with Gasteiger partial charge in [-0.1, -0.05) is 23.8 Å². The van der Waals surface area contributed by atoms with Crippen molar-refractivity contribution in [1.82, 2.24) is 0 Å². The zero-order chi connectivity index (χ0) is 5.82. The first-order valence-electron chi connectivity index (χ1n) is 3.22. The van der Waals surface area contributed by atoms with Crippen molar-refractivity contribution in [2.45, 2.75) is 26.2 Å². The van der Waals surface area contributed by atoms with E-state index in [9.17, 15) is 0 Å². The highest BCUT2D eigenvalue weighted by Gasteiger charge is 2.08. The van der Waals surface area contributed by atoms with E-state index in [2.05, 4.69) is 25.2 Å². The smallest absolute Gasteiger partial charge is 0.0167 e. The minimum atomic E-state index is 1.14. The molecule has 0 spiro atoms. The molecule has 1 aliphatic carbocycles. The van der Waals surface area contributed by atoms with E-state index >= 15 is 0 Å². The molecule has 0 N–H and O–H groups in total. The molecule has 0 unspecified atom stereocenters. The molecule has 0 heteroatoms. The number of allylic oxidation sites excluding steroid dienone is 4. The van der Waals surface area contributed by atoms with Crippen molar-refractivity contribution < 1.29 is 0 Å². The molecule has 0 aromatic heterocycles. The Kier molecular flexibility index (Phi) is 1.90. The Morgan fingerprint density at radius 1 is 1.50 bits per heavy atom. The first-order chi connectivity index (χ1) is 3.93. The second-order valence-electron chi connectivity index (χ2n) is 2.17. The average Bonchev–Trinajstić information content (AvgIpc) is 2.51. The monoisotopic (exact) mass is 108 g/mol. The van der Waals surface area contributed by atoms with Crippen molar-refractivity contribution >= 4 is 0 Å². The van der Waals surface area contributed by atoms with E-state index in [1.54, 1.807) is 5.57 Å². The third-order valence-corrected chi connectivity index (χ3v) is 1.32. The molecule has 1 aliphatic rings. The summed E-state index contributed by atoms with van der Waals surface area (Å²) in [7, 11) is 0. The summed E-state index contributed by atoms with van der Waals surface area (Å²) in [6, 6.07) is 0. The average molecular weight is 108 g/mol. The van der Waals surface area contributed by atoms with Gasteiger partial charge in [0, 0.05) is 0 Å². The summed E-state index contributed by atoms with van der Waals surface area (Å²) in [5, 5.41) is 0. The van der Waals surface area contributed by atoms with Crippen LogP contribution in [0.5, 0.6) is 0 Å². The van der Waals surface area contributed by atoms with Crippen LogP contribution >= 0.6 is 0 Å². The van der Waals surface area contributed by atoms with Crippen LogP contribution in [0.4, 0.5) is 0 Å². The second kappa shape index (κ2) is 2.71. The molecule has 0 aromatic rings. The quantitative estimate of drug-likeness (QED) is 0.477. The van der Waals surface area contributed by atoms with Crippen LogP contribution in [0, 0.1) is 0 Å². The summed E-state index contributed by atoms with van der Waals surface area (Å²) in [6.45, 7) is 2.06. The Balaban J connectivity index is 2.11. The lowest BCUT2D eigenvalue weighted by atomic mass is 10.3. The number of rotatable bonds is 2. The van der Waals surface area contributed by atoms with Crippen molar-refractivity contribution in [3.8, 4) is 0 Å². The van der Waals surface area contributed by atoms with E-state index in [1.807, 2.05) is 0 Å². The predicted molar refractivity (Wildman–Crippen MR) is 36.7 cm³/mol. The standard InChI is InChI=1S/C8H12/c1-2-3-4-5-8-6-7-8/h2-3,5H,4,6-7H2,1H3. The van der Waals surface area contributed by atoms with Gasteiger partial charge in [-0.05, 0) is 26.2 Å². The Labute approximate surface area is 50.9 Å². The van der Waals surface area contributed by atoms with Crippen LogP contribution in [0.25, 0.3) is 0 Å². The van der Waals surface area contributed by atoms with Crippen LogP contribution in [0.2, 0.25) is 0 Å². The van der Waals surface area contributed by atoms with Gasteiger partial charge in [0.2, 0.25) is 0 Å². The minimum Gasteiger partial charge on any atom is -0.0914 e. The lowest BCUT2D eigenvalue weighted by Gasteiger charge is -1.74. The molecule has 44 valence electrons. The first-order valence-corrected chi connectivity index (χ1v) is 3.22. The lowest BCUT2D eigenvalue weighted by molar-refractivity contribution is 1.36. The largest absolute Gasteiger partial charge is 0.0914 e. The van der Waals surface area contributed by atoms with Crippen molar-refractivity contribution in [2.75, 3.05) is 0 Å². The molecule has 1 rings (SSSR count). The molecular weight excluding hydrogens is 96.1 g/mol. The summed E-state index contributed by atoms with van der Waals surface area (Å²) in [6.07, 6.45) is 10.5. The first kappa shape index (κ1) is 5.61. The summed E-state index contributed by atoms with van der Waals surface area (Å²) in [5.74, 6) is 0. The van der Waals surface area contributed by atoms with Gasteiger partial charge < -0.3 is 0 Å². The molecule has 0 nitrogen and oxygen atoms in total. The molecular formula is C8H12. The maximum Gasteiger partial charge on any atom is -0.0167 e. The van der Waals surface area contributed by atoms with Crippen molar-refractivity contribution in [3.63, 3.8) is 0 Å². The van der Waals surface area contributed by atoms with Crippen LogP contribution in [-0.4, -0.2) is 0 Å². The molecule has 0 aliphatic heterocycles. The van der Waals surface area contributed by atoms with Crippen LogP contribution in [0.1, 0.15) is 26.2 Å². The summed E-state index contributed by atoms with van der Waals surface area (Å²) in [4.78, 5) is 0. The summed E-state index contributed by atoms with van der Waals surface area (Å²) in [5.41, 5.74) is 1.64. The zero-order valence-corrected chi connectivity index (χ0v) is 5.35. The summed E-state index contributed by atoms with van der Waals surface area (Å²) >= 11 is 0. The summed E-state index contributed by atoms with van der Waals surface area (Å²) < 4.78 is 0. The van der Waals surface area contributed by atoms with Gasteiger partial charge in [0.1, 0.15) is 0 Å². The van der Waals surface area contributed by atoms with Gasteiger partial charge in [0.15, 0.2) is 0 Å². The van der Waals surface area contributed by atoms with E-state index in [-0.39, 0.29) is 0 Å². The highest BCUT2D eigenvalue weighted by Crippen LogP contribution is 2.27. The highest BCUT2D eigenvalue weighted by molar-refractivity contribution is 5.17. The van der Waals surface area contributed by atoms with E-state index in [4.69, 9.17) is 0 Å². The number of hydrogen-bond acceptors (Lipinski definition) is 0. The van der Waals surface area contributed by atoms with Gasteiger partial charge in [0.25, 0.3) is 0 Å². The fraction of sp³-hybridized carbons (Fsp3) is 0.500. The van der Waals surface area contributed by atoms with Crippen molar-refractivity contribution in [1.29, 1.82) is 0 Å². The normalized spacial score (nSPS) is 17.4. The maximum absolute atomic E-state index is 2.32. The molecule has 1 saturated carbocycles. The van der Waals surface area contributed by atoms with Gasteiger partial charge in [0.05, 0.1) is 0 Å². The molecule has 0 amide bonds. The topological polar surface area (TPSA) is 0 Å². The Bertz CT molecular complexity index is 112. The highest BCUT2D eigenvalue weighted by atomic mass is 14.1. The third-order valence-electron chi connectivity index (χ3n) is 1.32. The molecule has 0 bridgehead atoms. The fourth-order valence-electron chi connectivity index (χ4n) is 0.647. The number of hydrogen-bond donors (Lipinski definition) is 0. The van der Waals surface area contributed by atoms with Gasteiger partial charge in [-0.2, -0.15) is 0 Å². The Morgan fingerprint density at radius 2 is 2.25 bits per heavy atom. The molecule has 8 heavy (non-hydrogen) atoms. The maximum atomic E-state index is 2.32. The predicted octanol–water partition coefficient (Wildman–Crippen LogP) is 2.67. The van der Waals surface area contributed by atoms with Gasteiger partial charge in [-0.3, -0.25) is 0 Å². The van der Waals surface area contributed by atoms with Gasteiger partial charge in [-0.25, -0.2) is 0 Å². The van der Waals surface area contributed by atoms with E-state index in [0.29, 0.717) is 0 Å².